The van der Waals surface area contributed by atoms with Crippen LogP contribution in [0.4, 0.5) is 0 Å². The molecule has 0 bridgehead atoms. The summed E-state index contributed by atoms with van der Waals surface area (Å²) in [5.74, 6) is 0.575. The van der Waals surface area contributed by atoms with E-state index in [0.717, 1.165) is 0 Å². The molecule has 0 fully saturated rings. The van der Waals surface area contributed by atoms with Crippen LogP contribution in [0.3, 0.4) is 0 Å². The fourth-order valence-electron chi connectivity index (χ4n) is 1.72. The van der Waals surface area contributed by atoms with E-state index in [1.54, 1.807) is 0 Å². The summed E-state index contributed by atoms with van der Waals surface area (Å²) in [6, 6.07) is 2.09. The lowest BCUT2D eigenvalue weighted by molar-refractivity contribution is 0.857. The van der Waals surface area contributed by atoms with E-state index in [4.69, 9.17) is 0 Å². The molecule has 0 unspecified atom stereocenters. The van der Waals surface area contributed by atoms with Crippen molar-refractivity contribution in [3.05, 3.63) is 30.2 Å². The Bertz CT molecular complexity index is 427. The van der Waals surface area contributed by atoms with Gasteiger partial charge in [-0.25, -0.2) is 0 Å². The minimum atomic E-state index is 0.575. The number of pyridine rings is 1. The maximum atomic E-state index is 4.13. The average molecular weight is 234 g/mol. The van der Waals surface area contributed by atoms with E-state index in [9.17, 15) is 0 Å². The maximum Gasteiger partial charge on any atom is 0.0667 e. The smallest absolute Gasteiger partial charge is 0.0667 e. The highest BCUT2D eigenvalue weighted by Gasteiger charge is 2.08. The predicted octanol–water partition coefficient (Wildman–Crippen LogP) is 4.75. The van der Waals surface area contributed by atoms with Crippen molar-refractivity contribution in [2.45, 2.75) is 47.5 Å². The van der Waals surface area contributed by atoms with Gasteiger partial charge in [0.15, 0.2) is 0 Å². The molecule has 0 saturated heterocycles. The summed E-state index contributed by atoms with van der Waals surface area (Å²) in [4.78, 5) is 4.13. The Hall–Kier alpha value is -1.31. The number of aromatic nitrogens is 2. The average Bonchev–Trinajstić information content (AvgIpc) is 2.73. The second kappa shape index (κ2) is 7.88. The van der Waals surface area contributed by atoms with E-state index >= 15 is 0 Å². The number of hydrogen-bond acceptors (Lipinski definition) is 1. The molecule has 0 saturated carbocycles. The molecular weight excluding hydrogens is 208 g/mol. The van der Waals surface area contributed by atoms with Gasteiger partial charge in [-0.2, -0.15) is 0 Å². The van der Waals surface area contributed by atoms with Crippen molar-refractivity contribution < 1.29 is 0 Å². The minimum absolute atomic E-state index is 0.575. The number of aryl methyl sites for hydroxylation is 1. The highest BCUT2D eigenvalue weighted by molar-refractivity contribution is 5.83. The van der Waals surface area contributed by atoms with Crippen LogP contribution in [0.25, 0.3) is 10.9 Å². The lowest BCUT2D eigenvalue weighted by Gasteiger charge is -2.00. The zero-order valence-electron chi connectivity index (χ0n) is 12.3. The summed E-state index contributed by atoms with van der Waals surface area (Å²) < 4.78 is 2.14. The SMILES string of the molecule is CC.CC.CC(C)c1cn(C)c2cnccc12. The standard InChI is InChI=1S/C11H14N2.2C2H6/c1-8(2)10-7-13(3)11-6-12-5-4-9(10)11;2*1-2/h4-8H,1-3H3;2*1-2H3. The molecule has 0 N–H and O–H groups in total. The van der Waals surface area contributed by atoms with Gasteiger partial charge in [0.05, 0.1) is 11.7 Å². The van der Waals surface area contributed by atoms with E-state index in [2.05, 4.69) is 42.7 Å². The van der Waals surface area contributed by atoms with Crippen LogP contribution in [0.2, 0.25) is 0 Å². The van der Waals surface area contributed by atoms with Gasteiger partial charge in [-0.1, -0.05) is 41.5 Å². The van der Waals surface area contributed by atoms with Crippen molar-refractivity contribution in [2.75, 3.05) is 0 Å². The molecule has 2 aromatic rings. The van der Waals surface area contributed by atoms with Gasteiger partial charge in [-0.3, -0.25) is 4.98 Å². The van der Waals surface area contributed by atoms with Crippen LogP contribution in [-0.4, -0.2) is 9.55 Å². The Morgan fingerprint density at radius 1 is 1.12 bits per heavy atom. The largest absolute Gasteiger partial charge is 0.349 e. The molecule has 96 valence electrons. The first-order valence-corrected chi connectivity index (χ1v) is 6.59. The van der Waals surface area contributed by atoms with Gasteiger partial charge in [0.1, 0.15) is 0 Å². The van der Waals surface area contributed by atoms with E-state index in [1.807, 2.05) is 40.1 Å². The monoisotopic (exact) mass is 234 g/mol. The number of nitrogens with zero attached hydrogens (tertiary/aromatic N) is 2. The Labute approximate surface area is 106 Å². The Morgan fingerprint density at radius 3 is 2.24 bits per heavy atom. The van der Waals surface area contributed by atoms with Crippen LogP contribution >= 0.6 is 0 Å². The second-order valence-electron chi connectivity index (χ2n) is 3.74. The summed E-state index contributed by atoms with van der Waals surface area (Å²) in [6.45, 7) is 12.4. The van der Waals surface area contributed by atoms with Gasteiger partial charge < -0.3 is 4.57 Å². The summed E-state index contributed by atoms with van der Waals surface area (Å²) in [6.07, 6.45) is 5.96. The zero-order chi connectivity index (χ0) is 13.4. The van der Waals surface area contributed by atoms with Crippen LogP contribution in [0.15, 0.2) is 24.7 Å². The lowest BCUT2D eigenvalue weighted by atomic mass is 10.0. The van der Waals surface area contributed by atoms with E-state index < -0.39 is 0 Å². The minimum Gasteiger partial charge on any atom is -0.349 e. The molecule has 0 atom stereocenters. The van der Waals surface area contributed by atoms with Crippen molar-refractivity contribution in [3.8, 4) is 0 Å². The molecule has 2 nitrogen and oxygen atoms in total. The van der Waals surface area contributed by atoms with Gasteiger partial charge in [0, 0.05) is 24.8 Å². The molecule has 0 aromatic carbocycles. The molecule has 0 spiro atoms. The Morgan fingerprint density at radius 2 is 1.71 bits per heavy atom. The molecule has 0 aliphatic rings. The zero-order valence-corrected chi connectivity index (χ0v) is 12.3. The van der Waals surface area contributed by atoms with Crippen molar-refractivity contribution in [1.82, 2.24) is 9.55 Å². The summed E-state index contributed by atoms with van der Waals surface area (Å²) >= 11 is 0. The summed E-state index contributed by atoms with van der Waals surface area (Å²) in [7, 11) is 2.07. The van der Waals surface area contributed by atoms with E-state index in [0.29, 0.717) is 5.92 Å². The summed E-state index contributed by atoms with van der Waals surface area (Å²) in [5.41, 5.74) is 2.62. The van der Waals surface area contributed by atoms with Gasteiger partial charge >= 0.3 is 0 Å². The first-order valence-electron chi connectivity index (χ1n) is 6.59. The third kappa shape index (κ3) is 3.58. The highest BCUT2D eigenvalue weighted by atomic mass is 14.9. The first-order chi connectivity index (χ1) is 8.20. The van der Waals surface area contributed by atoms with Crippen LogP contribution in [0, 0.1) is 0 Å². The second-order valence-corrected chi connectivity index (χ2v) is 3.74. The molecule has 2 heteroatoms. The summed E-state index contributed by atoms with van der Waals surface area (Å²) in [5, 5.41) is 1.33. The molecular formula is C15H26N2. The van der Waals surface area contributed by atoms with Gasteiger partial charge in [-0.05, 0) is 17.5 Å². The number of fused-ring (bicyclic) bond motifs is 1. The molecule has 0 aliphatic carbocycles. The molecule has 0 amide bonds. The van der Waals surface area contributed by atoms with Crippen molar-refractivity contribution >= 4 is 10.9 Å². The highest BCUT2D eigenvalue weighted by Crippen LogP contribution is 2.25. The van der Waals surface area contributed by atoms with Gasteiger partial charge in [0.2, 0.25) is 0 Å². The normalized spacial score (nSPS) is 9.41. The molecule has 17 heavy (non-hydrogen) atoms. The Balaban J connectivity index is 0.000000581. The lowest BCUT2D eigenvalue weighted by Crippen LogP contribution is -1.84. The topological polar surface area (TPSA) is 17.8 Å². The van der Waals surface area contributed by atoms with Crippen LogP contribution in [0.5, 0.6) is 0 Å². The van der Waals surface area contributed by atoms with Crippen LogP contribution < -0.4 is 0 Å². The third-order valence-electron chi connectivity index (χ3n) is 2.45. The maximum absolute atomic E-state index is 4.13. The molecule has 0 radical (unpaired) electrons. The van der Waals surface area contributed by atoms with Crippen LogP contribution in [-0.2, 0) is 7.05 Å². The number of hydrogen-bond donors (Lipinski definition) is 0. The van der Waals surface area contributed by atoms with Crippen molar-refractivity contribution in [1.29, 1.82) is 0 Å². The van der Waals surface area contributed by atoms with E-state index in [1.165, 1.54) is 16.5 Å². The molecule has 0 aliphatic heterocycles. The first kappa shape index (κ1) is 15.7. The van der Waals surface area contributed by atoms with E-state index in [-0.39, 0.29) is 0 Å². The van der Waals surface area contributed by atoms with Gasteiger partial charge in [0.25, 0.3) is 0 Å². The van der Waals surface area contributed by atoms with Crippen molar-refractivity contribution in [2.24, 2.45) is 7.05 Å². The fraction of sp³-hybridized carbons (Fsp3) is 0.533. The fourth-order valence-corrected chi connectivity index (χ4v) is 1.72. The van der Waals surface area contributed by atoms with Crippen LogP contribution in [0.1, 0.15) is 53.0 Å². The molecule has 2 heterocycles. The third-order valence-corrected chi connectivity index (χ3v) is 2.45. The predicted molar refractivity (Wildman–Crippen MR) is 77.5 cm³/mol. The quantitative estimate of drug-likeness (QED) is 0.696. The number of rotatable bonds is 1. The van der Waals surface area contributed by atoms with Gasteiger partial charge in [-0.15, -0.1) is 0 Å². The van der Waals surface area contributed by atoms with Crippen molar-refractivity contribution in [3.63, 3.8) is 0 Å². The molecule has 2 aromatic heterocycles. The molecule has 2 rings (SSSR count). The Kier molecular flexibility index (Phi) is 7.27.